The van der Waals surface area contributed by atoms with Gasteiger partial charge in [-0.05, 0) is 74.9 Å². The number of nitrogens with one attached hydrogen (secondary N) is 4. The van der Waals surface area contributed by atoms with Crippen molar-refractivity contribution in [2.24, 2.45) is 0 Å². The van der Waals surface area contributed by atoms with Gasteiger partial charge in [-0.25, -0.2) is 14.6 Å². The molecule has 0 spiro atoms. The number of aliphatic carboxylic acids is 1. The van der Waals surface area contributed by atoms with Crippen molar-refractivity contribution in [3.8, 4) is 11.5 Å². The highest BCUT2D eigenvalue weighted by atomic mass is 16.5. The van der Waals surface area contributed by atoms with E-state index >= 15 is 0 Å². The minimum Gasteiger partial charge on any atom is -0.487 e. The van der Waals surface area contributed by atoms with Crippen molar-refractivity contribution in [2.75, 3.05) is 23.8 Å². The number of ether oxygens (including phenoxy) is 3. The van der Waals surface area contributed by atoms with E-state index in [0.29, 0.717) is 22.4 Å². The van der Waals surface area contributed by atoms with E-state index in [9.17, 15) is 19.5 Å². The Bertz CT molecular complexity index is 1430. The summed E-state index contributed by atoms with van der Waals surface area (Å²) in [5, 5.41) is 35.1. The first-order chi connectivity index (χ1) is 20.1. The maximum absolute atomic E-state index is 13.2. The molecule has 1 heterocycles. The molecule has 3 rings (SSSR count). The first-order valence-electron chi connectivity index (χ1n) is 13.0. The second kappa shape index (κ2) is 15.0. The first kappa shape index (κ1) is 31.4. The van der Waals surface area contributed by atoms with E-state index in [0.717, 1.165) is 0 Å². The number of pyridine rings is 1. The van der Waals surface area contributed by atoms with Crippen LogP contribution in [0.4, 0.5) is 16.3 Å². The van der Waals surface area contributed by atoms with E-state index in [2.05, 4.69) is 20.9 Å². The Kier molecular flexibility index (Phi) is 11.2. The summed E-state index contributed by atoms with van der Waals surface area (Å²) in [5.41, 5.74) is 2.10. The number of nitrogens with zero attached hydrogens (tertiary/aromatic N) is 1. The van der Waals surface area contributed by atoms with Gasteiger partial charge >= 0.3 is 12.1 Å². The van der Waals surface area contributed by atoms with Gasteiger partial charge in [0.15, 0.2) is 18.1 Å². The molecule has 3 aromatic rings. The third-order valence-corrected chi connectivity index (χ3v) is 5.51. The maximum atomic E-state index is 13.2. The molecule has 0 radical (unpaired) electrons. The number of hydrogen-bond donors (Lipinski definition) is 6. The summed E-state index contributed by atoms with van der Waals surface area (Å²) in [6.07, 6.45) is 0.533. The fourth-order valence-electron chi connectivity index (χ4n) is 3.75. The molecule has 0 aliphatic heterocycles. The minimum atomic E-state index is -1.17. The molecule has 0 saturated carbocycles. The lowest BCUT2D eigenvalue weighted by Gasteiger charge is -2.20. The van der Waals surface area contributed by atoms with Gasteiger partial charge in [0.05, 0.1) is 24.9 Å². The van der Waals surface area contributed by atoms with Crippen LogP contribution in [0.15, 0.2) is 54.7 Å². The number of anilines is 2. The van der Waals surface area contributed by atoms with Crippen molar-refractivity contribution in [1.29, 1.82) is 5.41 Å². The molecule has 0 aliphatic carbocycles. The van der Waals surface area contributed by atoms with Crippen LogP contribution in [0.3, 0.4) is 0 Å². The van der Waals surface area contributed by atoms with E-state index in [1.165, 1.54) is 6.20 Å². The van der Waals surface area contributed by atoms with E-state index < -0.39 is 24.6 Å². The Balaban J connectivity index is 1.78. The molecule has 13 nitrogen and oxygen atoms in total. The van der Waals surface area contributed by atoms with Crippen LogP contribution < -0.4 is 25.4 Å². The zero-order valence-corrected chi connectivity index (χ0v) is 23.4. The van der Waals surface area contributed by atoms with Crippen LogP contribution in [-0.4, -0.2) is 58.3 Å². The average molecular weight is 580 g/mol. The molecule has 0 saturated heterocycles. The zero-order chi connectivity index (χ0) is 30.6. The van der Waals surface area contributed by atoms with Gasteiger partial charge < -0.3 is 35.1 Å². The van der Waals surface area contributed by atoms with Crippen LogP contribution in [0.2, 0.25) is 0 Å². The highest BCUT2D eigenvalue weighted by Gasteiger charge is 2.19. The van der Waals surface area contributed by atoms with Crippen molar-refractivity contribution in [3.05, 3.63) is 77.0 Å². The lowest BCUT2D eigenvalue weighted by Crippen LogP contribution is -2.31. The van der Waals surface area contributed by atoms with Gasteiger partial charge in [0.1, 0.15) is 11.7 Å². The molecule has 1 aromatic heterocycles. The van der Waals surface area contributed by atoms with Crippen molar-refractivity contribution < 1.29 is 38.8 Å². The number of hydrogen-bond acceptors (Lipinski definition) is 10. The van der Waals surface area contributed by atoms with Crippen molar-refractivity contribution in [3.63, 3.8) is 0 Å². The zero-order valence-electron chi connectivity index (χ0n) is 23.4. The second-order valence-corrected chi connectivity index (χ2v) is 9.09. The first-order valence-corrected chi connectivity index (χ1v) is 13.0. The number of rotatable bonds is 13. The fraction of sp³-hybridized carbons (Fsp3) is 0.276. The number of benzene rings is 2. The molecule has 2 aromatic carbocycles. The monoisotopic (exact) mass is 579 g/mol. The lowest BCUT2D eigenvalue weighted by atomic mass is 10.1. The number of aliphatic hydroxyl groups excluding tert-OH is 1. The Morgan fingerprint density at radius 1 is 1.10 bits per heavy atom. The molecule has 222 valence electrons. The predicted octanol–water partition coefficient (Wildman–Crippen LogP) is 3.76. The molecule has 42 heavy (non-hydrogen) atoms. The molecular weight excluding hydrogens is 546 g/mol. The molecule has 0 atom stereocenters. The van der Waals surface area contributed by atoms with Crippen molar-refractivity contribution in [1.82, 2.24) is 10.3 Å². The number of carbonyl (C=O) groups is 3. The number of amidine groups is 1. The van der Waals surface area contributed by atoms with Gasteiger partial charge in [-0.2, -0.15) is 0 Å². The largest absolute Gasteiger partial charge is 0.487 e. The number of amides is 2. The third kappa shape index (κ3) is 8.93. The average Bonchev–Trinajstić information content (AvgIpc) is 2.95. The lowest BCUT2D eigenvalue weighted by molar-refractivity contribution is -0.139. The van der Waals surface area contributed by atoms with Gasteiger partial charge in [0.25, 0.3) is 5.91 Å². The van der Waals surface area contributed by atoms with Gasteiger partial charge in [-0.15, -0.1) is 0 Å². The third-order valence-electron chi connectivity index (χ3n) is 5.51. The standard InChI is InChI=1S/C29H33N5O8/c1-4-40-29(39)34-26(30)19-7-9-21(10-8-19)33-28(38)22-6-5-11-31-27(22)32-14-20-12-18(15-35)13-23(42-17(2)3)25(20)41-16-24(36)37/h5-13,17,35H,4,14-16H2,1-3H3,(H,31,32)(H,33,38)(H,36,37)(H2,30,34,39). The normalized spacial score (nSPS) is 10.5. The minimum absolute atomic E-state index is 0.0683. The molecule has 6 N–H and O–H groups in total. The molecule has 0 unspecified atom stereocenters. The Morgan fingerprint density at radius 3 is 2.48 bits per heavy atom. The Morgan fingerprint density at radius 2 is 1.83 bits per heavy atom. The SMILES string of the molecule is CCOC(=O)NC(=N)c1ccc(NC(=O)c2cccnc2NCc2cc(CO)cc(OC(C)C)c2OCC(=O)O)cc1. The molecule has 0 aliphatic rings. The van der Waals surface area contributed by atoms with Gasteiger partial charge in [0.2, 0.25) is 0 Å². The smallest absolute Gasteiger partial charge is 0.412 e. The number of carboxylic acids is 1. The summed E-state index contributed by atoms with van der Waals surface area (Å²) < 4.78 is 16.1. The van der Waals surface area contributed by atoms with E-state index in [4.69, 9.17) is 24.7 Å². The maximum Gasteiger partial charge on any atom is 0.412 e. The van der Waals surface area contributed by atoms with Crippen LogP contribution in [0, 0.1) is 5.41 Å². The van der Waals surface area contributed by atoms with Crippen LogP contribution >= 0.6 is 0 Å². The topological polar surface area (TPSA) is 192 Å². The molecule has 0 fully saturated rings. The number of carboxylic acid groups (broad SMARTS) is 1. The number of aromatic nitrogens is 1. The van der Waals surface area contributed by atoms with Gasteiger partial charge in [-0.3, -0.25) is 15.5 Å². The molecule has 13 heteroatoms. The second-order valence-electron chi connectivity index (χ2n) is 9.09. The summed E-state index contributed by atoms with van der Waals surface area (Å²) in [5.74, 6) is -1.06. The highest BCUT2D eigenvalue weighted by Crippen LogP contribution is 2.35. The molecular formula is C29H33N5O8. The van der Waals surface area contributed by atoms with Crippen LogP contribution in [0.25, 0.3) is 0 Å². The number of alkyl carbamates (subject to hydrolysis) is 1. The summed E-state index contributed by atoms with van der Waals surface area (Å²) in [4.78, 5) is 40.2. The highest BCUT2D eigenvalue weighted by molar-refractivity contribution is 6.08. The Labute approximate surface area is 242 Å². The summed E-state index contributed by atoms with van der Waals surface area (Å²) in [6.45, 7) is 4.63. The van der Waals surface area contributed by atoms with E-state index in [1.807, 2.05) is 0 Å². The Hall–Kier alpha value is -5.17. The van der Waals surface area contributed by atoms with Gasteiger partial charge in [0, 0.05) is 29.6 Å². The predicted molar refractivity (Wildman–Crippen MR) is 154 cm³/mol. The molecule has 0 bridgehead atoms. The van der Waals surface area contributed by atoms with E-state index in [1.54, 1.807) is 69.3 Å². The quantitative estimate of drug-likeness (QED) is 0.128. The van der Waals surface area contributed by atoms with E-state index in [-0.39, 0.29) is 54.6 Å². The van der Waals surface area contributed by atoms with Crippen LogP contribution in [0.5, 0.6) is 11.5 Å². The van der Waals surface area contributed by atoms with Crippen LogP contribution in [0.1, 0.15) is 47.8 Å². The molecule has 2 amide bonds. The fourth-order valence-corrected chi connectivity index (χ4v) is 3.75. The summed E-state index contributed by atoms with van der Waals surface area (Å²) in [7, 11) is 0. The van der Waals surface area contributed by atoms with Crippen LogP contribution in [-0.2, 0) is 22.7 Å². The van der Waals surface area contributed by atoms with Gasteiger partial charge in [-0.1, -0.05) is 0 Å². The van der Waals surface area contributed by atoms with Crippen molar-refractivity contribution >= 4 is 35.3 Å². The number of carbonyl (C=O) groups excluding carboxylic acids is 2. The number of aliphatic hydroxyl groups is 1. The summed E-state index contributed by atoms with van der Waals surface area (Å²) in [6, 6.07) is 12.7. The van der Waals surface area contributed by atoms with Crippen molar-refractivity contribution in [2.45, 2.75) is 40.0 Å². The summed E-state index contributed by atoms with van der Waals surface area (Å²) >= 11 is 0.